The van der Waals surface area contributed by atoms with Gasteiger partial charge in [-0.15, -0.1) is 0 Å². The Morgan fingerprint density at radius 3 is 2.18 bits per heavy atom. The van der Waals surface area contributed by atoms with Crippen molar-refractivity contribution in [3.8, 4) is 0 Å². The first-order valence-electron chi connectivity index (χ1n) is 5.88. The molecule has 10 nitrogen and oxygen atoms in total. The average Bonchev–Trinajstić information content (AvgIpc) is 2.73. The smallest absolute Gasteiger partial charge is 0.322 e. The van der Waals surface area contributed by atoms with Crippen LogP contribution in [0.25, 0.3) is 0 Å². The minimum atomic E-state index is -1.35. The molecule has 0 radical (unpaired) electrons. The van der Waals surface area contributed by atoms with Gasteiger partial charge in [-0.25, -0.2) is 14.7 Å². The number of nitrogens with zero attached hydrogens (tertiary/aromatic N) is 2. The highest BCUT2D eigenvalue weighted by Crippen LogP contribution is 2.22. The molecule has 1 aliphatic rings. The summed E-state index contributed by atoms with van der Waals surface area (Å²) >= 11 is 0. The Hall–Kier alpha value is -3.56. The lowest BCUT2D eigenvalue weighted by Gasteiger charge is -2.11. The Morgan fingerprint density at radius 2 is 1.64 bits per heavy atom. The van der Waals surface area contributed by atoms with Crippen molar-refractivity contribution in [1.82, 2.24) is 20.2 Å². The number of hydrogen-bond acceptors (Lipinski definition) is 7. The number of H-pyrrole nitrogens is 2. The van der Waals surface area contributed by atoms with E-state index in [1.807, 2.05) is 5.10 Å². The van der Waals surface area contributed by atoms with Crippen LogP contribution in [0.2, 0.25) is 0 Å². The fourth-order valence-corrected chi connectivity index (χ4v) is 1.86. The molecular formula is C12H6N4O6. The summed E-state index contributed by atoms with van der Waals surface area (Å²) in [7, 11) is 0. The Kier molecular flexibility index (Phi) is 2.91. The van der Waals surface area contributed by atoms with E-state index in [2.05, 4.69) is 9.94 Å². The summed E-state index contributed by atoms with van der Waals surface area (Å²) in [6, 6.07) is 5.88. The van der Waals surface area contributed by atoms with E-state index >= 15 is 0 Å². The van der Waals surface area contributed by atoms with Crippen molar-refractivity contribution < 1.29 is 19.2 Å². The Balaban J connectivity index is 1.90. The van der Waals surface area contributed by atoms with Crippen LogP contribution in [-0.4, -0.2) is 38.0 Å². The van der Waals surface area contributed by atoms with E-state index in [0.29, 0.717) is 0 Å². The van der Waals surface area contributed by atoms with Crippen molar-refractivity contribution in [2.24, 2.45) is 0 Å². The van der Waals surface area contributed by atoms with Gasteiger partial charge >= 0.3 is 11.7 Å². The van der Waals surface area contributed by atoms with Crippen molar-refractivity contribution in [1.29, 1.82) is 0 Å². The molecule has 110 valence electrons. The molecule has 2 amide bonds. The van der Waals surface area contributed by atoms with Crippen LogP contribution < -0.4 is 11.2 Å². The van der Waals surface area contributed by atoms with E-state index in [1.165, 1.54) is 12.1 Å². The lowest BCUT2D eigenvalue weighted by molar-refractivity contribution is -0.0590. The zero-order chi connectivity index (χ0) is 15.9. The lowest BCUT2D eigenvalue weighted by Crippen LogP contribution is -2.37. The quantitative estimate of drug-likeness (QED) is 0.665. The van der Waals surface area contributed by atoms with Crippen LogP contribution >= 0.6 is 0 Å². The molecule has 1 aromatic carbocycles. The zero-order valence-corrected chi connectivity index (χ0v) is 10.7. The number of carbonyl (C=O) groups excluding carboxylic acids is 3. The molecule has 0 fully saturated rings. The maximum Gasteiger partial charge on any atom is 0.389 e. The monoisotopic (exact) mass is 302 g/mol. The van der Waals surface area contributed by atoms with E-state index in [9.17, 15) is 24.0 Å². The van der Waals surface area contributed by atoms with Crippen LogP contribution in [0, 0.1) is 0 Å². The van der Waals surface area contributed by atoms with Gasteiger partial charge in [-0.05, 0) is 12.1 Å². The fraction of sp³-hybridized carbons (Fsp3) is 0. The topological polar surface area (TPSA) is 142 Å². The van der Waals surface area contributed by atoms with Gasteiger partial charge in [0, 0.05) is 0 Å². The van der Waals surface area contributed by atoms with Crippen LogP contribution in [0.3, 0.4) is 0 Å². The second-order valence-electron chi connectivity index (χ2n) is 4.18. The highest BCUT2D eigenvalue weighted by molar-refractivity contribution is 6.21. The Morgan fingerprint density at radius 1 is 1.05 bits per heavy atom. The summed E-state index contributed by atoms with van der Waals surface area (Å²) in [6.07, 6.45) is 0. The number of aromatic amines is 2. The molecule has 0 atom stereocenters. The number of carbonyl (C=O) groups is 3. The molecular weight excluding hydrogens is 296 g/mol. The van der Waals surface area contributed by atoms with Crippen molar-refractivity contribution >= 4 is 17.8 Å². The van der Waals surface area contributed by atoms with Gasteiger partial charge in [0.25, 0.3) is 17.4 Å². The first kappa shape index (κ1) is 13.4. The van der Waals surface area contributed by atoms with Gasteiger partial charge in [-0.1, -0.05) is 17.2 Å². The van der Waals surface area contributed by atoms with Gasteiger partial charge < -0.3 is 4.84 Å². The second-order valence-corrected chi connectivity index (χ2v) is 4.18. The van der Waals surface area contributed by atoms with Gasteiger partial charge in [0.15, 0.2) is 0 Å². The number of fused-ring (bicyclic) bond motifs is 1. The van der Waals surface area contributed by atoms with Crippen LogP contribution in [0.15, 0.2) is 33.9 Å². The summed E-state index contributed by atoms with van der Waals surface area (Å²) in [5.74, 6) is -3.03. The van der Waals surface area contributed by atoms with Crippen molar-refractivity contribution in [2.75, 3.05) is 0 Å². The number of hydroxylamine groups is 2. The summed E-state index contributed by atoms with van der Waals surface area (Å²) in [5, 5.41) is 5.29. The Bertz CT molecular complexity index is 892. The zero-order valence-electron chi connectivity index (χ0n) is 10.7. The largest absolute Gasteiger partial charge is 0.389 e. The first-order chi connectivity index (χ1) is 10.5. The molecule has 10 heteroatoms. The summed E-state index contributed by atoms with van der Waals surface area (Å²) in [5.41, 5.74) is -2.67. The fourth-order valence-electron chi connectivity index (χ4n) is 1.86. The number of amides is 2. The minimum Gasteiger partial charge on any atom is -0.322 e. The summed E-state index contributed by atoms with van der Waals surface area (Å²) in [6.45, 7) is 0. The third kappa shape index (κ3) is 1.98. The molecule has 0 aliphatic carbocycles. The molecule has 3 rings (SSSR count). The standard InChI is InChI=1S/C12H6N4O6/c17-8-7(14-15-12(21)13-8)11(20)22-16-9(18)5-3-1-2-4-6(5)10(16)19/h1-4H,(H2,13,15,17,21). The molecule has 1 aromatic heterocycles. The van der Waals surface area contributed by atoms with Gasteiger partial charge in [0.2, 0.25) is 5.69 Å². The second kappa shape index (κ2) is 4.77. The van der Waals surface area contributed by atoms with Crippen LogP contribution in [0.4, 0.5) is 0 Å². The average molecular weight is 302 g/mol. The molecule has 0 bridgehead atoms. The molecule has 2 aromatic rings. The van der Waals surface area contributed by atoms with Gasteiger partial charge in [-0.3, -0.25) is 19.4 Å². The molecule has 2 N–H and O–H groups in total. The highest BCUT2D eigenvalue weighted by Gasteiger charge is 2.39. The molecule has 0 unspecified atom stereocenters. The van der Waals surface area contributed by atoms with Crippen molar-refractivity contribution in [3.05, 3.63) is 61.9 Å². The van der Waals surface area contributed by atoms with E-state index in [0.717, 1.165) is 0 Å². The normalized spacial score (nSPS) is 13.2. The third-order valence-electron chi connectivity index (χ3n) is 2.84. The summed E-state index contributed by atoms with van der Waals surface area (Å²) in [4.78, 5) is 64.4. The number of rotatable bonds is 2. The third-order valence-corrected chi connectivity index (χ3v) is 2.84. The number of hydrogen-bond donors (Lipinski definition) is 2. The lowest BCUT2D eigenvalue weighted by atomic mass is 10.1. The van der Waals surface area contributed by atoms with E-state index < -0.39 is 34.7 Å². The SMILES string of the molecule is O=C(ON1C(=O)c2ccccc2C1=O)c1n[nH]c(=O)[nH]c1=O. The first-order valence-corrected chi connectivity index (χ1v) is 5.88. The predicted molar refractivity (Wildman–Crippen MR) is 67.8 cm³/mol. The molecule has 0 saturated carbocycles. The summed E-state index contributed by atoms with van der Waals surface area (Å²) < 4.78 is 0. The van der Waals surface area contributed by atoms with Crippen molar-refractivity contribution in [2.45, 2.75) is 0 Å². The molecule has 1 aliphatic heterocycles. The van der Waals surface area contributed by atoms with Gasteiger partial charge in [0.1, 0.15) is 0 Å². The number of imide groups is 1. The van der Waals surface area contributed by atoms with Crippen LogP contribution in [-0.2, 0) is 4.84 Å². The van der Waals surface area contributed by atoms with Crippen LogP contribution in [0.5, 0.6) is 0 Å². The van der Waals surface area contributed by atoms with E-state index in [1.54, 1.807) is 17.1 Å². The molecule has 0 spiro atoms. The minimum absolute atomic E-state index is 0.0728. The molecule has 2 heterocycles. The maximum atomic E-state index is 12.0. The highest BCUT2D eigenvalue weighted by atomic mass is 16.7. The number of benzene rings is 1. The number of nitrogens with one attached hydrogen (secondary N) is 2. The van der Waals surface area contributed by atoms with Crippen LogP contribution in [0.1, 0.15) is 31.2 Å². The van der Waals surface area contributed by atoms with Gasteiger partial charge in [-0.2, -0.15) is 5.10 Å². The predicted octanol–water partition coefficient (Wildman–Crippen LogP) is -1.17. The van der Waals surface area contributed by atoms with E-state index in [-0.39, 0.29) is 16.2 Å². The molecule has 22 heavy (non-hydrogen) atoms. The van der Waals surface area contributed by atoms with E-state index in [4.69, 9.17) is 0 Å². The van der Waals surface area contributed by atoms with Crippen molar-refractivity contribution in [3.63, 3.8) is 0 Å². The molecule has 0 saturated heterocycles. The Labute approximate surface area is 120 Å². The number of aromatic nitrogens is 3. The van der Waals surface area contributed by atoms with Gasteiger partial charge in [0.05, 0.1) is 11.1 Å². The maximum absolute atomic E-state index is 12.0.